The number of anilines is 1. The molecule has 0 bridgehead atoms. The average molecular weight is 347 g/mol. The minimum atomic E-state index is -3.57. The van der Waals surface area contributed by atoms with Crippen molar-refractivity contribution < 1.29 is 13.2 Å². The fourth-order valence-corrected chi connectivity index (χ4v) is 3.45. The summed E-state index contributed by atoms with van der Waals surface area (Å²) in [6.07, 6.45) is 8.19. The van der Waals surface area contributed by atoms with Gasteiger partial charge in [0.25, 0.3) is 10.0 Å². The van der Waals surface area contributed by atoms with Gasteiger partial charge in [-0.15, -0.1) is 0 Å². The minimum Gasteiger partial charge on any atom is -0.376 e. The lowest BCUT2D eigenvalue weighted by Gasteiger charge is -2.22. The van der Waals surface area contributed by atoms with Crippen LogP contribution in [0.4, 0.5) is 5.69 Å². The van der Waals surface area contributed by atoms with Gasteiger partial charge in [0.2, 0.25) is 0 Å². The van der Waals surface area contributed by atoms with Crippen LogP contribution in [0, 0.1) is 0 Å². The largest absolute Gasteiger partial charge is 0.376 e. The molecule has 128 valence electrons. The number of nitrogens with zero attached hydrogens (tertiary/aromatic N) is 2. The first-order chi connectivity index (χ1) is 11.6. The molecule has 0 aliphatic carbocycles. The van der Waals surface area contributed by atoms with Gasteiger partial charge in [0, 0.05) is 12.8 Å². The Hall–Kier alpha value is -2.12. The van der Waals surface area contributed by atoms with Gasteiger partial charge in [0.05, 0.1) is 29.9 Å². The highest BCUT2D eigenvalue weighted by Crippen LogP contribution is 2.16. The number of hydrogen-bond acceptors (Lipinski definition) is 4. The zero-order valence-corrected chi connectivity index (χ0v) is 14.2. The van der Waals surface area contributed by atoms with E-state index < -0.39 is 10.0 Å². The number of rotatable bonds is 6. The van der Waals surface area contributed by atoms with Crippen molar-refractivity contribution in [3.05, 3.63) is 53.7 Å². The van der Waals surface area contributed by atoms with Crippen LogP contribution in [0.5, 0.6) is 0 Å². The molecule has 3 rings (SSSR count). The smallest absolute Gasteiger partial charge is 0.255 e. The molecule has 0 saturated carbocycles. The van der Waals surface area contributed by atoms with E-state index in [1.165, 1.54) is 6.20 Å². The molecular formula is C17H21N3O3S. The van der Waals surface area contributed by atoms with E-state index in [1.54, 1.807) is 17.0 Å². The van der Waals surface area contributed by atoms with Crippen LogP contribution in [-0.2, 0) is 21.3 Å². The number of ether oxygens (including phenoxy) is 1. The van der Waals surface area contributed by atoms with Crippen molar-refractivity contribution in [2.24, 2.45) is 0 Å². The molecule has 1 aliphatic heterocycles. The first-order valence-electron chi connectivity index (χ1n) is 8.01. The molecule has 0 spiro atoms. The summed E-state index contributed by atoms with van der Waals surface area (Å²) < 4.78 is 34.1. The Morgan fingerprint density at radius 2 is 2.12 bits per heavy atom. The van der Waals surface area contributed by atoms with Crippen LogP contribution in [0.25, 0.3) is 6.08 Å². The van der Waals surface area contributed by atoms with Gasteiger partial charge in [-0.25, -0.2) is 8.42 Å². The van der Waals surface area contributed by atoms with E-state index in [9.17, 15) is 8.42 Å². The Morgan fingerprint density at radius 1 is 1.29 bits per heavy atom. The maximum Gasteiger partial charge on any atom is 0.255 e. The summed E-state index contributed by atoms with van der Waals surface area (Å²) in [7, 11) is -3.57. The molecule has 1 aromatic heterocycles. The maximum atomic E-state index is 12.1. The predicted molar refractivity (Wildman–Crippen MR) is 93.8 cm³/mol. The van der Waals surface area contributed by atoms with E-state index in [2.05, 4.69) is 9.82 Å². The van der Waals surface area contributed by atoms with E-state index in [-0.39, 0.29) is 6.10 Å². The number of nitrogens with one attached hydrogen (secondary N) is 1. The fourth-order valence-electron chi connectivity index (χ4n) is 2.61. The molecule has 24 heavy (non-hydrogen) atoms. The monoisotopic (exact) mass is 347 g/mol. The van der Waals surface area contributed by atoms with Gasteiger partial charge in [-0.1, -0.05) is 30.3 Å². The second kappa shape index (κ2) is 7.63. The number of aromatic nitrogens is 2. The maximum absolute atomic E-state index is 12.1. The van der Waals surface area contributed by atoms with Gasteiger partial charge in [0.1, 0.15) is 0 Å². The fraction of sp³-hybridized carbons (Fsp3) is 0.353. The molecular weight excluding hydrogens is 326 g/mol. The van der Waals surface area contributed by atoms with Crippen LogP contribution < -0.4 is 4.72 Å². The van der Waals surface area contributed by atoms with Crippen molar-refractivity contribution in [3.63, 3.8) is 0 Å². The van der Waals surface area contributed by atoms with E-state index in [0.717, 1.165) is 36.8 Å². The van der Waals surface area contributed by atoms with Crippen LogP contribution in [0.2, 0.25) is 0 Å². The standard InChI is InChI=1S/C17H21N3O3S/c21-24(22,11-9-15-6-2-1-3-7-15)19-16-12-18-20(13-16)14-17-8-4-5-10-23-17/h1-3,6-7,9,11-13,17,19H,4-5,8,10,14H2/b11-9+. The van der Waals surface area contributed by atoms with Crippen LogP contribution >= 0.6 is 0 Å². The lowest BCUT2D eigenvalue weighted by Crippen LogP contribution is -2.24. The zero-order chi connectivity index (χ0) is 16.8. The van der Waals surface area contributed by atoms with Crippen molar-refractivity contribution in [3.8, 4) is 0 Å². The molecule has 2 heterocycles. The van der Waals surface area contributed by atoms with E-state index in [0.29, 0.717) is 12.2 Å². The highest BCUT2D eigenvalue weighted by atomic mass is 32.2. The molecule has 6 nitrogen and oxygen atoms in total. The summed E-state index contributed by atoms with van der Waals surface area (Å²) in [5.41, 5.74) is 1.27. The van der Waals surface area contributed by atoms with Crippen molar-refractivity contribution in [1.82, 2.24) is 9.78 Å². The lowest BCUT2D eigenvalue weighted by molar-refractivity contribution is 0.00401. The van der Waals surface area contributed by atoms with Gasteiger partial charge in [-0.3, -0.25) is 9.40 Å². The second-order valence-corrected chi connectivity index (χ2v) is 7.37. The summed E-state index contributed by atoms with van der Waals surface area (Å²) in [5, 5.41) is 5.36. The van der Waals surface area contributed by atoms with Gasteiger partial charge in [0.15, 0.2) is 0 Å². The number of hydrogen-bond donors (Lipinski definition) is 1. The SMILES string of the molecule is O=S(=O)(/C=C/c1ccccc1)Nc1cnn(CC2CCCCO2)c1. The van der Waals surface area contributed by atoms with E-state index >= 15 is 0 Å². The third kappa shape index (κ3) is 4.94. The van der Waals surface area contributed by atoms with Crippen molar-refractivity contribution in [2.45, 2.75) is 31.9 Å². The molecule has 1 aliphatic rings. The molecule has 1 N–H and O–H groups in total. The van der Waals surface area contributed by atoms with Crippen molar-refractivity contribution >= 4 is 21.8 Å². The molecule has 1 atom stereocenters. The number of sulfonamides is 1. The van der Waals surface area contributed by atoms with Gasteiger partial charge in [-0.2, -0.15) is 5.10 Å². The molecule has 1 saturated heterocycles. The highest BCUT2D eigenvalue weighted by Gasteiger charge is 2.15. The molecule has 1 unspecified atom stereocenters. The molecule has 0 radical (unpaired) electrons. The van der Waals surface area contributed by atoms with Gasteiger partial charge < -0.3 is 4.74 Å². The normalized spacial score (nSPS) is 18.8. The van der Waals surface area contributed by atoms with Crippen LogP contribution in [0.1, 0.15) is 24.8 Å². The van der Waals surface area contributed by atoms with Crippen molar-refractivity contribution in [1.29, 1.82) is 0 Å². The van der Waals surface area contributed by atoms with Crippen LogP contribution in [0.3, 0.4) is 0 Å². The summed E-state index contributed by atoms with van der Waals surface area (Å²) in [6.45, 7) is 1.43. The first-order valence-corrected chi connectivity index (χ1v) is 9.55. The van der Waals surface area contributed by atoms with Crippen LogP contribution in [0.15, 0.2) is 48.1 Å². The van der Waals surface area contributed by atoms with Gasteiger partial charge in [-0.05, 0) is 30.9 Å². The Labute approximate surface area is 142 Å². The van der Waals surface area contributed by atoms with Gasteiger partial charge >= 0.3 is 0 Å². The lowest BCUT2D eigenvalue weighted by atomic mass is 10.1. The second-order valence-electron chi connectivity index (χ2n) is 5.80. The predicted octanol–water partition coefficient (Wildman–Crippen LogP) is 2.86. The molecule has 2 aromatic rings. The number of benzene rings is 1. The third-order valence-corrected chi connectivity index (χ3v) is 4.81. The molecule has 1 fully saturated rings. The highest BCUT2D eigenvalue weighted by molar-refractivity contribution is 7.95. The van der Waals surface area contributed by atoms with Crippen molar-refractivity contribution in [2.75, 3.05) is 11.3 Å². The summed E-state index contributed by atoms with van der Waals surface area (Å²) in [6, 6.07) is 9.28. The topological polar surface area (TPSA) is 73.2 Å². The average Bonchev–Trinajstić information content (AvgIpc) is 3.01. The molecule has 1 aromatic carbocycles. The van der Waals surface area contributed by atoms with E-state index in [4.69, 9.17) is 4.74 Å². The Balaban J connectivity index is 1.59. The minimum absolute atomic E-state index is 0.154. The summed E-state index contributed by atoms with van der Waals surface area (Å²) >= 11 is 0. The summed E-state index contributed by atoms with van der Waals surface area (Å²) in [5.74, 6) is 0. The molecule has 7 heteroatoms. The molecule has 0 amide bonds. The Bertz CT molecular complexity index is 778. The first kappa shape index (κ1) is 16.7. The zero-order valence-electron chi connectivity index (χ0n) is 13.3. The Morgan fingerprint density at radius 3 is 2.88 bits per heavy atom. The summed E-state index contributed by atoms with van der Waals surface area (Å²) in [4.78, 5) is 0. The quantitative estimate of drug-likeness (QED) is 0.872. The van der Waals surface area contributed by atoms with Crippen LogP contribution in [-0.4, -0.2) is 30.9 Å². The third-order valence-electron chi connectivity index (χ3n) is 3.80. The Kier molecular flexibility index (Phi) is 5.32. The van der Waals surface area contributed by atoms with E-state index in [1.807, 2.05) is 30.3 Å².